The van der Waals surface area contributed by atoms with E-state index < -0.39 is 10.0 Å². The molecule has 0 saturated carbocycles. The topological polar surface area (TPSA) is 69.7 Å². The second-order valence-electron chi connectivity index (χ2n) is 6.04. The van der Waals surface area contributed by atoms with Crippen LogP contribution in [0.4, 0.5) is 0 Å². The van der Waals surface area contributed by atoms with Gasteiger partial charge in [-0.25, -0.2) is 12.7 Å². The van der Waals surface area contributed by atoms with Gasteiger partial charge in [0.15, 0.2) is 0 Å². The van der Waals surface area contributed by atoms with Crippen molar-refractivity contribution in [1.82, 2.24) is 14.5 Å². The van der Waals surface area contributed by atoms with Gasteiger partial charge in [-0.2, -0.15) is 0 Å². The van der Waals surface area contributed by atoms with Crippen molar-refractivity contribution in [2.75, 3.05) is 45.5 Å². The quantitative estimate of drug-likeness (QED) is 0.763. The number of likely N-dealkylation sites (tertiary alicyclic amines) is 1. The van der Waals surface area contributed by atoms with Crippen molar-refractivity contribution in [3.63, 3.8) is 0 Å². The largest absolute Gasteiger partial charge is 0.343 e. The Morgan fingerprint density at radius 1 is 1.24 bits per heavy atom. The summed E-state index contributed by atoms with van der Waals surface area (Å²) in [5, 5.41) is 3.17. The summed E-state index contributed by atoms with van der Waals surface area (Å²) in [6, 6.07) is 0. The molecule has 2 heterocycles. The maximum atomic E-state index is 12.2. The van der Waals surface area contributed by atoms with Gasteiger partial charge in [0.1, 0.15) is 0 Å². The highest BCUT2D eigenvalue weighted by Gasteiger charge is 2.29. The van der Waals surface area contributed by atoms with Crippen molar-refractivity contribution >= 4 is 15.9 Å². The smallest absolute Gasteiger partial charge is 0.223 e. The van der Waals surface area contributed by atoms with Gasteiger partial charge >= 0.3 is 0 Å². The molecular weight excluding hydrogens is 290 g/mol. The van der Waals surface area contributed by atoms with Gasteiger partial charge < -0.3 is 10.2 Å². The molecule has 0 bridgehead atoms. The minimum atomic E-state index is -3.08. The van der Waals surface area contributed by atoms with Crippen molar-refractivity contribution in [1.29, 1.82) is 0 Å². The third kappa shape index (κ3) is 4.66. The van der Waals surface area contributed by atoms with Crippen LogP contribution in [0.2, 0.25) is 0 Å². The average Bonchev–Trinajstić information content (AvgIpc) is 2.82. The highest BCUT2D eigenvalue weighted by molar-refractivity contribution is 7.89. The van der Waals surface area contributed by atoms with Crippen LogP contribution < -0.4 is 5.32 Å². The van der Waals surface area contributed by atoms with Crippen LogP contribution in [-0.2, 0) is 14.8 Å². The molecule has 0 aromatic heterocycles. The predicted molar refractivity (Wildman–Crippen MR) is 82.4 cm³/mol. The molecule has 7 heteroatoms. The summed E-state index contributed by atoms with van der Waals surface area (Å²) in [6.45, 7) is 3.59. The van der Waals surface area contributed by atoms with Crippen LogP contribution in [0.15, 0.2) is 0 Å². The summed E-state index contributed by atoms with van der Waals surface area (Å²) in [4.78, 5) is 14.1. The summed E-state index contributed by atoms with van der Waals surface area (Å²) in [5.41, 5.74) is 0. The van der Waals surface area contributed by atoms with Crippen LogP contribution in [0, 0.1) is 5.92 Å². The SMILES string of the molecule is CNCCC1CCN(C(=O)CCN2CCCS2(=O)=O)CC1. The number of carbonyl (C=O) groups is 1. The number of hydrogen-bond donors (Lipinski definition) is 1. The Morgan fingerprint density at radius 3 is 2.52 bits per heavy atom. The summed E-state index contributed by atoms with van der Waals surface area (Å²) in [6.07, 6.45) is 4.31. The lowest BCUT2D eigenvalue weighted by Gasteiger charge is -2.32. The fraction of sp³-hybridized carbons (Fsp3) is 0.929. The third-order valence-corrected chi connectivity index (χ3v) is 6.50. The Hall–Kier alpha value is -0.660. The summed E-state index contributed by atoms with van der Waals surface area (Å²) < 4.78 is 24.8. The highest BCUT2D eigenvalue weighted by Crippen LogP contribution is 2.21. The number of hydrogen-bond acceptors (Lipinski definition) is 4. The zero-order chi connectivity index (χ0) is 15.3. The summed E-state index contributed by atoms with van der Waals surface area (Å²) >= 11 is 0. The Morgan fingerprint density at radius 2 is 1.95 bits per heavy atom. The number of rotatable bonds is 6. The maximum Gasteiger partial charge on any atom is 0.223 e. The van der Waals surface area contributed by atoms with Crippen LogP contribution in [0.25, 0.3) is 0 Å². The van der Waals surface area contributed by atoms with Gasteiger partial charge in [-0.15, -0.1) is 0 Å². The summed E-state index contributed by atoms with van der Waals surface area (Å²) in [7, 11) is -1.11. The first-order valence-corrected chi connectivity index (χ1v) is 9.54. The molecular formula is C14H27N3O3S. The number of piperidine rings is 1. The van der Waals surface area contributed by atoms with E-state index >= 15 is 0 Å². The Bertz CT molecular complexity index is 444. The van der Waals surface area contributed by atoms with Crippen molar-refractivity contribution in [2.24, 2.45) is 5.92 Å². The van der Waals surface area contributed by atoms with Gasteiger partial charge in [0.05, 0.1) is 5.75 Å². The fourth-order valence-corrected chi connectivity index (χ4v) is 4.67. The maximum absolute atomic E-state index is 12.2. The zero-order valence-corrected chi connectivity index (χ0v) is 13.7. The van der Waals surface area contributed by atoms with E-state index in [2.05, 4.69) is 5.32 Å². The van der Waals surface area contributed by atoms with Gasteiger partial charge in [0, 0.05) is 32.6 Å². The zero-order valence-electron chi connectivity index (χ0n) is 12.9. The molecule has 6 nitrogen and oxygen atoms in total. The minimum absolute atomic E-state index is 0.101. The molecule has 0 unspecified atom stereocenters. The van der Waals surface area contributed by atoms with E-state index in [1.165, 1.54) is 10.7 Å². The first-order valence-electron chi connectivity index (χ1n) is 7.93. The normalized spacial score (nSPS) is 23.6. The Balaban J connectivity index is 1.70. The average molecular weight is 317 g/mol. The molecule has 1 amide bonds. The number of nitrogens with one attached hydrogen (secondary N) is 1. The molecule has 0 aromatic carbocycles. The minimum Gasteiger partial charge on any atom is -0.343 e. The van der Waals surface area contributed by atoms with Gasteiger partial charge in [-0.1, -0.05) is 0 Å². The van der Waals surface area contributed by atoms with Gasteiger partial charge in [-0.3, -0.25) is 4.79 Å². The van der Waals surface area contributed by atoms with E-state index in [4.69, 9.17) is 0 Å². The van der Waals surface area contributed by atoms with Gasteiger partial charge in [0.25, 0.3) is 0 Å². The van der Waals surface area contributed by atoms with Crippen molar-refractivity contribution in [2.45, 2.75) is 32.1 Å². The molecule has 0 radical (unpaired) electrons. The van der Waals surface area contributed by atoms with Crippen LogP contribution in [-0.4, -0.2) is 69.1 Å². The molecule has 0 spiro atoms. The molecule has 2 rings (SSSR count). The molecule has 0 atom stereocenters. The van der Waals surface area contributed by atoms with Crippen molar-refractivity contribution in [3.05, 3.63) is 0 Å². The van der Waals surface area contributed by atoms with E-state index in [1.807, 2.05) is 11.9 Å². The Kier molecular flexibility index (Phi) is 6.01. The number of amides is 1. The number of sulfonamides is 1. The molecule has 0 aliphatic carbocycles. The van der Waals surface area contributed by atoms with E-state index in [0.29, 0.717) is 31.8 Å². The molecule has 21 heavy (non-hydrogen) atoms. The molecule has 2 saturated heterocycles. The lowest BCUT2D eigenvalue weighted by molar-refractivity contribution is -0.132. The summed E-state index contributed by atoms with van der Waals surface area (Å²) in [5.74, 6) is 1.04. The predicted octanol–water partition coefficient (Wildman–Crippen LogP) is 0.260. The van der Waals surface area contributed by atoms with Crippen LogP contribution in [0.5, 0.6) is 0 Å². The molecule has 2 fully saturated rings. The Labute approximate surface area is 127 Å². The van der Waals surface area contributed by atoms with Crippen LogP contribution >= 0.6 is 0 Å². The number of nitrogens with zero attached hydrogens (tertiary/aromatic N) is 2. The number of carbonyl (C=O) groups excluding carboxylic acids is 1. The third-order valence-electron chi connectivity index (χ3n) is 4.55. The second-order valence-corrected chi connectivity index (χ2v) is 8.12. The second kappa shape index (κ2) is 7.56. The standard InChI is InChI=1S/C14H27N3O3S/c1-15-7-3-13-4-9-16(10-5-13)14(18)6-11-17-8-2-12-21(17,19)20/h13,15H,2-12H2,1H3. The lowest BCUT2D eigenvalue weighted by Crippen LogP contribution is -2.40. The van der Waals surface area contributed by atoms with Crippen molar-refractivity contribution < 1.29 is 13.2 Å². The fourth-order valence-electron chi connectivity index (χ4n) is 3.14. The lowest BCUT2D eigenvalue weighted by atomic mass is 9.93. The van der Waals surface area contributed by atoms with Gasteiger partial charge in [0.2, 0.25) is 15.9 Å². The van der Waals surface area contributed by atoms with E-state index in [0.717, 1.165) is 32.5 Å². The van der Waals surface area contributed by atoms with E-state index in [1.54, 1.807) is 0 Å². The molecule has 2 aliphatic rings. The first-order chi connectivity index (χ1) is 10.0. The first kappa shape index (κ1) is 16.7. The van der Waals surface area contributed by atoms with Crippen molar-refractivity contribution in [3.8, 4) is 0 Å². The van der Waals surface area contributed by atoms with Crippen LogP contribution in [0.3, 0.4) is 0 Å². The van der Waals surface area contributed by atoms with E-state index in [9.17, 15) is 13.2 Å². The highest BCUT2D eigenvalue weighted by atomic mass is 32.2. The molecule has 122 valence electrons. The molecule has 1 N–H and O–H groups in total. The van der Waals surface area contributed by atoms with E-state index in [-0.39, 0.29) is 11.7 Å². The molecule has 2 aliphatic heterocycles. The van der Waals surface area contributed by atoms with Crippen LogP contribution in [0.1, 0.15) is 32.1 Å². The van der Waals surface area contributed by atoms with Gasteiger partial charge in [-0.05, 0) is 45.2 Å². The monoisotopic (exact) mass is 317 g/mol. The molecule has 0 aromatic rings.